The Balaban J connectivity index is 1.67. The van der Waals surface area contributed by atoms with Crippen LogP contribution >= 0.6 is 11.6 Å². The SMILES string of the molecule is CCc1ccc(CC(=O)NCCOc2ccc(Cl)cc2)cc1. The summed E-state index contributed by atoms with van der Waals surface area (Å²) in [6, 6.07) is 15.3. The minimum Gasteiger partial charge on any atom is -0.492 e. The third kappa shape index (κ3) is 5.41. The zero-order valence-electron chi connectivity index (χ0n) is 12.6. The van der Waals surface area contributed by atoms with E-state index < -0.39 is 0 Å². The van der Waals surface area contributed by atoms with Crippen molar-refractivity contribution in [2.45, 2.75) is 19.8 Å². The number of benzene rings is 2. The van der Waals surface area contributed by atoms with Gasteiger partial charge in [0.15, 0.2) is 0 Å². The Morgan fingerprint density at radius 2 is 1.68 bits per heavy atom. The Morgan fingerprint density at radius 1 is 1.05 bits per heavy atom. The molecule has 0 aliphatic rings. The maximum Gasteiger partial charge on any atom is 0.224 e. The molecule has 2 aromatic carbocycles. The van der Waals surface area contributed by atoms with Gasteiger partial charge in [0.25, 0.3) is 0 Å². The quantitative estimate of drug-likeness (QED) is 0.792. The molecule has 0 bridgehead atoms. The summed E-state index contributed by atoms with van der Waals surface area (Å²) >= 11 is 5.80. The predicted octanol–water partition coefficient (Wildman–Crippen LogP) is 3.64. The molecule has 2 aromatic rings. The van der Waals surface area contributed by atoms with Crippen molar-refractivity contribution in [2.24, 2.45) is 0 Å². The number of amides is 1. The van der Waals surface area contributed by atoms with Crippen molar-refractivity contribution in [1.29, 1.82) is 0 Å². The highest BCUT2D eigenvalue weighted by Crippen LogP contribution is 2.15. The summed E-state index contributed by atoms with van der Waals surface area (Å²) in [5.74, 6) is 0.748. The van der Waals surface area contributed by atoms with Gasteiger partial charge in [-0.25, -0.2) is 0 Å². The van der Waals surface area contributed by atoms with Gasteiger partial charge in [-0.2, -0.15) is 0 Å². The Morgan fingerprint density at radius 3 is 2.32 bits per heavy atom. The van der Waals surface area contributed by atoms with Gasteiger partial charge in [-0.05, 0) is 41.8 Å². The summed E-state index contributed by atoms with van der Waals surface area (Å²) < 4.78 is 5.52. The van der Waals surface area contributed by atoms with Crippen LogP contribution in [0.3, 0.4) is 0 Å². The number of carbonyl (C=O) groups is 1. The van der Waals surface area contributed by atoms with E-state index in [9.17, 15) is 4.79 Å². The summed E-state index contributed by atoms with van der Waals surface area (Å²) in [5.41, 5.74) is 2.30. The fourth-order valence-corrected chi connectivity index (χ4v) is 2.16. The number of aryl methyl sites for hydroxylation is 1. The lowest BCUT2D eigenvalue weighted by molar-refractivity contribution is -0.120. The number of rotatable bonds is 7. The molecule has 1 N–H and O–H groups in total. The summed E-state index contributed by atoms with van der Waals surface area (Å²) in [6.45, 7) is 3.03. The van der Waals surface area contributed by atoms with Gasteiger partial charge < -0.3 is 10.1 Å². The first-order chi connectivity index (χ1) is 10.7. The maximum atomic E-state index is 11.8. The molecule has 0 saturated heterocycles. The predicted molar refractivity (Wildman–Crippen MR) is 89.5 cm³/mol. The third-order valence-electron chi connectivity index (χ3n) is 3.30. The molecule has 0 spiro atoms. The van der Waals surface area contributed by atoms with Crippen molar-refractivity contribution < 1.29 is 9.53 Å². The van der Waals surface area contributed by atoms with Crippen molar-refractivity contribution in [3.05, 3.63) is 64.7 Å². The van der Waals surface area contributed by atoms with Crippen LogP contribution in [0.2, 0.25) is 5.02 Å². The van der Waals surface area contributed by atoms with E-state index >= 15 is 0 Å². The van der Waals surface area contributed by atoms with Gasteiger partial charge in [0.1, 0.15) is 12.4 Å². The lowest BCUT2D eigenvalue weighted by Gasteiger charge is -2.08. The topological polar surface area (TPSA) is 38.3 Å². The zero-order valence-corrected chi connectivity index (χ0v) is 13.4. The molecule has 0 atom stereocenters. The summed E-state index contributed by atoms with van der Waals surface area (Å²) in [5, 5.41) is 3.53. The van der Waals surface area contributed by atoms with E-state index in [1.165, 1.54) is 5.56 Å². The molecule has 0 heterocycles. The Labute approximate surface area is 136 Å². The second-order valence-corrected chi connectivity index (χ2v) is 5.44. The van der Waals surface area contributed by atoms with Gasteiger partial charge in [0.05, 0.1) is 13.0 Å². The molecular weight excluding hydrogens is 298 g/mol. The average molecular weight is 318 g/mol. The highest BCUT2D eigenvalue weighted by Gasteiger charge is 2.03. The van der Waals surface area contributed by atoms with Crippen LogP contribution in [0.25, 0.3) is 0 Å². The van der Waals surface area contributed by atoms with Crippen LogP contribution in [0.1, 0.15) is 18.1 Å². The third-order valence-corrected chi connectivity index (χ3v) is 3.55. The minimum atomic E-state index is 0.00366. The zero-order chi connectivity index (χ0) is 15.8. The van der Waals surface area contributed by atoms with E-state index in [4.69, 9.17) is 16.3 Å². The molecule has 1 amide bonds. The van der Waals surface area contributed by atoms with E-state index in [1.54, 1.807) is 24.3 Å². The van der Waals surface area contributed by atoms with Crippen molar-refractivity contribution in [3.63, 3.8) is 0 Å². The second-order valence-electron chi connectivity index (χ2n) is 5.00. The lowest BCUT2D eigenvalue weighted by atomic mass is 10.1. The Kier molecular flexibility index (Phi) is 6.28. The second kappa shape index (κ2) is 8.44. The highest BCUT2D eigenvalue weighted by atomic mass is 35.5. The molecule has 3 nitrogen and oxygen atoms in total. The van der Waals surface area contributed by atoms with E-state index in [0.29, 0.717) is 24.6 Å². The number of nitrogens with one attached hydrogen (secondary N) is 1. The maximum absolute atomic E-state index is 11.8. The molecule has 22 heavy (non-hydrogen) atoms. The molecule has 0 aliphatic heterocycles. The van der Waals surface area contributed by atoms with E-state index in [0.717, 1.165) is 17.7 Å². The van der Waals surface area contributed by atoms with Gasteiger partial charge in [0.2, 0.25) is 5.91 Å². The fourth-order valence-electron chi connectivity index (χ4n) is 2.03. The van der Waals surface area contributed by atoms with E-state index in [-0.39, 0.29) is 5.91 Å². The van der Waals surface area contributed by atoms with Gasteiger partial charge in [-0.1, -0.05) is 42.8 Å². The molecule has 0 saturated carbocycles. The van der Waals surface area contributed by atoms with Crippen molar-refractivity contribution in [3.8, 4) is 5.75 Å². The first kappa shape index (κ1) is 16.4. The standard InChI is InChI=1S/C18H20ClNO2/c1-2-14-3-5-15(6-4-14)13-18(21)20-11-12-22-17-9-7-16(19)8-10-17/h3-10H,2,11-13H2,1H3,(H,20,21). The molecule has 0 fully saturated rings. The molecular formula is C18H20ClNO2. The molecule has 0 radical (unpaired) electrons. The molecule has 4 heteroatoms. The summed E-state index contributed by atoms with van der Waals surface area (Å²) in [4.78, 5) is 11.8. The Bertz CT molecular complexity index is 593. The minimum absolute atomic E-state index is 0.00366. The normalized spacial score (nSPS) is 10.3. The van der Waals surface area contributed by atoms with Gasteiger partial charge in [-0.15, -0.1) is 0 Å². The molecule has 116 valence electrons. The van der Waals surface area contributed by atoms with Crippen LogP contribution in [0.5, 0.6) is 5.75 Å². The van der Waals surface area contributed by atoms with Crippen molar-refractivity contribution >= 4 is 17.5 Å². The van der Waals surface area contributed by atoms with E-state index in [2.05, 4.69) is 24.4 Å². The molecule has 0 aliphatic carbocycles. The van der Waals surface area contributed by atoms with Crippen LogP contribution < -0.4 is 10.1 Å². The average Bonchev–Trinajstić information content (AvgIpc) is 2.54. The molecule has 2 rings (SSSR count). The van der Waals surface area contributed by atoms with Crippen LogP contribution in [0, 0.1) is 0 Å². The first-order valence-corrected chi connectivity index (χ1v) is 7.78. The highest BCUT2D eigenvalue weighted by molar-refractivity contribution is 6.30. The summed E-state index contributed by atoms with van der Waals surface area (Å²) in [7, 11) is 0. The fraction of sp³-hybridized carbons (Fsp3) is 0.278. The number of halogens is 1. The Hall–Kier alpha value is -2.00. The van der Waals surface area contributed by atoms with Gasteiger partial charge in [-0.3, -0.25) is 4.79 Å². The van der Waals surface area contributed by atoms with Crippen LogP contribution in [0.15, 0.2) is 48.5 Å². The number of hydrogen-bond acceptors (Lipinski definition) is 2. The van der Waals surface area contributed by atoms with Gasteiger partial charge >= 0.3 is 0 Å². The molecule has 0 aromatic heterocycles. The van der Waals surface area contributed by atoms with Crippen LogP contribution in [0.4, 0.5) is 0 Å². The molecule has 0 unspecified atom stereocenters. The number of carbonyl (C=O) groups excluding carboxylic acids is 1. The number of ether oxygens (including phenoxy) is 1. The van der Waals surface area contributed by atoms with Crippen LogP contribution in [-0.2, 0) is 17.6 Å². The largest absolute Gasteiger partial charge is 0.492 e. The van der Waals surface area contributed by atoms with E-state index in [1.807, 2.05) is 12.1 Å². The lowest BCUT2D eigenvalue weighted by Crippen LogP contribution is -2.29. The van der Waals surface area contributed by atoms with Crippen LogP contribution in [-0.4, -0.2) is 19.1 Å². The number of hydrogen-bond donors (Lipinski definition) is 1. The summed E-state index contributed by atoms with van der Waals surface area (Å²) in [6.07, 6.45) is 1.40. The smallest absolute Gasteiger partial charge is 0.224 e. The van der Waals surface area contributed by atoms with Crippen molar-refractivity contribution in [1.82, 2.24) is 5.32 Å². The monoisotopic (exact) mass is 317 g/mol. The first-order valence-electron chi connectivity index (χ1n) is 7.40. The van der Waals surface area contributed by atoms with Crippen molar-refractivity contribution in [2.75, 3.05) is 13.2 Å². The van der Waals surface area contributed by atoms with Gasteiger partial charge in [0, 0.05) is 5.02 Å².